The molecule has 1 fully saturated rings. The van der Waals surface area contributed by atoms with Crippen LogP contribution in [0.4, 0.5) is 11.4 Å². The Morgan fingerprint density at radius 2 is 1.35 bits per heavy atom. The number of benzene rings is 2. The molecule has 1 heterocycles. The lowest BCUT2D eigenvalue weighted by atomic mass is 10.1. The Kier molecular flexibility index (Phi) is 3.88. The lowest BCUT2D eigenvalue weighted by molar-refractivity contribution is 0.282. The molecular weight excluding hydrogens is 248 g/mol. The van der Waals surface area contributed by atoms with Gasteiger partial charge in [0.25, 0.3) is 0 Å². The van der Waals surface area contributed by atoms with Crippen LogP contribution in [0.2, 0.25) is 0 Å². The lowest BCUT2D eigenvalue weighted by Gasteiger charge is -2.38. The maximum absolute atomic E-state index is 9.44. The predicted octanol–water partition coefficient (Wildman–Crippen LogP) is 2.51. The number of aliphatic hydroxyl groups is 1. The smallest absolute Gasteiger partial charge is 0.0702 e. The predicted molar refractivity (Wildman–Crippen MR) is 83.2 cm³/mol. The number of rotatable bonds is 3. The van der Waals surface area contributed by atoms with E-state index in [0.29, 0.717) is 0 Å². The van der Waals surface area contributed by atoms with Gasteiger partial charge in [-0.05, 0) is 18.2 Å². The second-order valence-electron chi connectivity index (χ2n) is 5.10. The molecule has 1 N–H and O–H groups in total. The number of hydrogen-bond donors (Lipinski definition) is 1. The van der Waals surface area contributed by atoms with Crippen molar-refractivity contribution in [1.29, 1.82) is 0 Å². The van der Waals surface area contributed by atoms with Crippen LogP contribution in [0.3, 0.4) is 0 Å². The highest BCUT2D eigenvalue weighted by Crippen LogP contribution is 2.23. The SMILES string of the molecule is OCc1ccccc1N1CCN(c2ccccc2)CC1. The number of hydrogen-bond acceptors (Lipinski definition) is 3. The van der Waals surface area contributed by atoms with Crippen LogP contribution in [0.15, 0.2) is 54.6 Å². The van der Waals surface area contributed by atoms with E-state index in [-0.39, 0.29) is 6.61 Å². The molecule has 0 saturated carbocycles. The number of anilines is 2. The van der Waals surface area contributed by atoms with Crippen LogP contribution < -0.4 is 9.80 Å². The van der Waals surface area contributed by atoms with Gasteiger partial charge < -0.3 is 14.9 Å². The summed E-state index contributed by atoms with van der Waals surface area (Å²) in [4.78, 5) is 4.78. The van der Waals surface area contributed by atoms with Crippen molar-refractivity contribution < 1.29 is 5.11 Å². The van der Waals surface area contributed by atoms with Gasteiger partial charge in [-0.15, -0.1) is 0 Å². The average Bonchev–Trinajstić information content (AvgIpc) is 2.56. The summed E-state index contributed by atoms with van der Waals surface area (Å²) in [5, 5.41) is 9.44. The van der Waals surface area contributed by atoms with Gasteiger partial charge in [-0.25, -0.2) is 0 Å². The Bertz CT molecular complexity index is 548. The third kappa shape index (κ3) is 2.63. The van der Waals surface area contributed by atoms with Gasteiger partial charge in [-0.2, -0.15) is 0 Å². The van der Waals surface area contributed by atoms with Crippen LogP contribution in [0.1, 0.15) is 5.56 Å². The van der Waals surface area contributed by atoms with Crippen LogP contribution in [0.5, 0.6) is 0 Å². The van der Waals surface area contributed by atoms with Crippen LogP contribution >= 0.6 is 0 Å². The quantitative estimate of drug-likeness (QED) is 0.926. The molecule has 2 aromatic rings. The fourth-order valence-corrected chi connectivity index (χ4v) is 2.80. The van der Waals surface area contributed by atoms with Crippen LogP contribution in [-0.2, 0) is 6.61 Å². The summed E-state index contributed by atoms with van der Waals surface area (Å²) >= 11 is 0. The Morgan fingerprint density at radius 1 is 0.750 bits per heavy atom. The molecular formula is C17H20N2O. The standard InChI is InChI=1S/C17H20N2O/c20-14-15-6-4-5-9-17(15)19-12-10-18(11-13-19)16-7-2-1-3-8-16/h1-9,20H,10-14H2. The van der Waals surface area contributed by atoms with Gasteiger partial charge >= 0.3 is 0 Å². The monoisotopic (exact) mass is 268 g/mol. The topological polar surface area (TPSA) is 26.7 Å². The van der Waals surface area contributed by atoms with Crippen molar-refractivity contribution in [3.63, 3.8) is 0 Å². The highest BCUT2D eigenvalue weighted by atomic mass is 16.3. The van der Waals surface area contributed by atoms with Gasteiger partial charge in [-0.3, -0.25) is 0 Å². The largest absolute Gasteiger partial charge is 0.392 e. The molecule has 2 aromatic carbocycles. The summed E-state index contributed by atoms with van der Waals surface area (Å²) in [6.07, 6.45) is 0. The van der Waals surface area contributed by atoms with Gasteiger partial charge in [0.2, 0.25) is 0 Å². The van der Waals surface area contributed by atoms with Crippen molar-refractivity contribution in [3.8, 4) is 0 Å². The second kappa shape index (κ2) is 5.97. The molecule has 0 bridgehead atoms. The minimum absolute atomic E-state index is 0.106. The van der Waals surface area contributed by atoms with Gasteiger partial charge in [0.1, 0.15) is 0 Å². The molecule has 0 atom stereocenters. The van der Waals surface area contributed by atoms with Crippen LogP contribution in [0, 0.1) is 0 Å². The van der Waals surface area contributed by atoms with Crippen molar-refractivity contribution in [2.75, 3.05) is 36.0 Å². The molecule has 0 amide bonds. The molecule has 0 aromatic heterocycles. The number of piperazine rings is 1. The Labute approximate surface area is 120 Å². The molecule has 1 aliphatic rings. The zero-order valence-corrected chi connectivity index (χ0v) is 11.6. The van der Waals surface area contributed by atoms with Gasteiger partial charge in [0.05, 0.1) is 6.61 Å². The molecule has 20 heavy (non-hydrogen) atoms. The average molecular weight is 268 g/mol. The molecule has 0 unspecified atom stereocenters. The zero-order valence-electron chi connectivity index (χ0n) is 11.6. The highest BCUT2D eigenvalue weighted by molar-refractivity contribution is 5.55. The second-order valence-corrected chi connectivity index (χ2v) is 5.10. The fourth-order valence-electron chi connectivity index (χ4n) is 2.80. The Morgan fingerprint density at radius 3 is 2.05 bits per heavy atom. The Hall–Kier alpha value is -2.00. The summed E-state index contributed by atoms with van der Waals surface area (Å²) in [7, 11) is 0. The molecule has 3 nitrogen and oxygen atoms in total. The normalized spacial score (nSPS) is 15.4. The first-order chi connectivity index (χ1) is 9.88. The summed E-state index contributed by atoms with van der Waals surface area (Å²) in [6, 6.07) is 18.7. The van der Waals surface area contributed by atoms with Crippen LogP contribution in [-0.4, -0.2) is 31.3 Å². The van der Waals surface area contributed by atoms with Gasteiger partial charge in [0, 0.05) is 43.1 Å². The lowest BCUT2D eigenvalue weighted by Crippen LogP contribution is -2.46. The van der Waals surface area contributed by atoms with E-state index in [1.165, 1.54) is 11.4 Å². The summed E-state index contributed by atoms with van der Waals surface area (Å²) in [5.41, 5.74) is 3.48. The minimum atomic E-state index is 0.106. The van der Waals surface area contributed by atoms with Crippen molar-refractivity contribution in [2.45, 2.75) is 6.61 Å². The molecule has 0 radical (unpaired) electrons. The molecule has 1 saturated heterocycles. The first kappa shape index (κ1) is 13.0. The number of aliphatic hydroxyl groups excluding tert-OH is 1. The molecule has 0 aliphatic carbocycles. The third-order valence-electron chi connectivity index (χ3n) is 3.90. The first-order valence-corrected chi connectivity index (χ1v) is 7.12. The summed E-state index contributed by atoms with van der Waals surface area (Å²) in [6.45, 7) is 4.13. The first-order valence-electron chi connectivity index (χ1n) is 7.12. The van der Waals surface area contributed by atoms with E-state index in [0.717, 1.165) is 31.7 Å². The molecule has 1 aliphatic heterocycles. The maximum atomic E-state index is 9.44. The van der Waals surface area contributed by atoms with Crippen LogP contribution in [0.25, 0.3) is 0 Å². The van der Waals surface area contributed by atoms with Crippen molar-refractivity contribution >= 4 is 11.4 Å². The summed E-state index contributed by atoms with van der Waals surface area (Å²) in [5.74, 6) is 0. The van der Waals surface area contributed by atoms with E-state index < -0.39 is 0 Å². The molecule has 104 valence electrons. The maximum Gasteiger partial charge on any atom is 0.0702 e. The molecule has 3 rings (SSSR count). The molecule has 3 heteroatoms. The molecule has 0 spiro atoms. The summed E-state index contributed by atoms with van der Waals surface area (Å²) < 4.78 is 0. The number of para-hydroxylation sites is 2. The Balaban J connectivity index is 1.70. The van der Waals surface area contributed by atoms with Crippen molar-refractivity contribution in [1.82, 2.24) is 0 Å². The zero-order chi connectivity index (χ0) is 13.8. The van der Waals surface area contributed by atoms with Gasteiger partial charge in [0.15, 0.2) is 0 Å². The number of nitrogens with zero attached hydrogens (tertiary/aromatic N) is 2. The van der Waals surface area contributed by atoms with E-state index in [2.05, 4.69) is 46.2 Å². The van der Waals surface area contributed by atoms with Crippen molar-refractivity contribution in [2.24, 2.45) is 0 Å². The van der Waals surface area contributed by atoms with E-state index in [9.17, 15) is 5.11 Å². The van der Waals surface area contributed by atoms with E-state index in [4.69, 9.17) is 0 Å². The van der Waals surface area contributed by atoms with E-state index in [1.54, 1.807) is 0 Å². The highest BCUT2D eigenvalue weighted by Gasteiger charge is 2.18. The van der Waals surface area contributed by atoms with E-state index >= 15 is 0 Å². The van der Waals surface area contributed by atoms with Gasteiger partial charge in [-0.1, -0.05) is 36.4 Å². The van der Waals surface area contributed by atoms with Crippen molar-refractivity contribution in [3.05, 3.63) is 60.2 Å². The fraction of sp³-hybridized carbons (Fsp3) is 0.294. The van der Waals surface area contributed by atoms with E-state index in [1.807, 2.05) is 18.2 Å². The minimum Gasteiger partial charge on any atom is -0.392 e. The third-order valence-corrected chi connectivity index (χ3v) is 3.90.